The van der Waals surface area contributed by atoms with Gasteiger partial charge in [-0.3, -0.25) is 4.79 Å². The molecule has 4 nitrogen and oxygen atoms in total. The number of aliphatic hydroxyl groups is 1. The summed E-state index contributed by atoms with van der Waals surface area (Å²) in [6.45, 7) is 1.30. The number of hydrogen-bond donors (Lipinski definition) is 2. The van der Waals surface area contributed by atoms with Gasteiger partial charge in [-0.05, 0) is 24.7 Å². The van der Waals surface area contributed by atoms with E-state index < -0.39 is 5.60 Å². The van der Waals surface area contributed by atoms with Crippen molar-refractivity contribution in [2.75, 3.05) is 19.8 Å². The molecule has 1 aliphatic heterocycles. The molecule has 1 saturated heterocycles. The second-order valence-electron chi connectivity index (χ2n) is 5.53. The average molecular weight is 225 g/mol. The van der Waals surface area contributed by atoms with E-state index in [4.69, 9.17) is 4.74 Å². The molecule has 16 heavy (non-hydrogen) atoms. The van der Waals surface area contributed by atoms with E-state index in [2.05, 4.69) is 5.32 Å². The molecule has 2 saturated carbocycles. The number of carbonyl (C=O) groups is 1. The lowest BCUT2D eigenvalue weighted by atomic mass is 10.0. The molecular formula is C12H19NO3. The van der Waals surface area contributed by atoms with E-state index in [1.54, 1.807) is 0 Å². The Labute approximate surface area is 95.4 Å². The number of fused-ring (bicyclic) bond motifs is 1. The quantitative estimate of drug-likeness (QED) is 0.726. The minimum absolute atomic E-state index is 0.148. The summed E-state index contributed by atoms with van der Waals surface area (Å²) in [4.78, 5) is 11.9. The molecule has 0 aromatic rings. The summed E-state index contributed by atoms with van der Waals surface area (Å²) in [6.07, 6.45) is 4.36. The third-order valence-electron chi connectivity index (χ3n) is 4.38. The van der Waals surface area contributed by atoms with Crippen LogP contribution in [0, 0.1) is 17.8 Å². The number of ether oxygens (including phenoxy) is 1. The van der Waals surface area contributed by atoms with Crippen LogP contribution in [0.3, 0.4) is 0 Å². The predicted molar refractivity (Wildman–Crippen MR) is 57.7 cm³/mol. The summed E-state index contributed by atoms with van der Waals surface area (Å²) in [5, 5.41) is 12.9. The van der Waals surface area contributed by atoms with E-state index in [0.717, 1.165) is 0 Å². The van der Waals surface area contributed by atoms with Gasteiger partial charge in [0.2, 0.25) is 5.91 Å². The molecule has 3 atom stereocenters. The van der Waals surface area contributed by atoms with Gasteiger partial charge in [-0.2, -0.15) is 0 Å². The van der Waals surface area contributed by atoms with Gasteiger partial charge in [0.15, 0.2) is 0 Å². The number of nitrogens with one attached hydrogen (secondary N) is 1. The van der Waals surface area contributed by atoms with E-state index in [-0.39, 0.29) is 11.8 Å². The van der Waals surface area contributed by atoms with Crippen LogP contribution < -0.4 is 5.32 Å². The molecule has 1 amide bonds. The molecule has 0 aromatic carbocycles. The largest absolute Gasteiger partial charge is 0.386 e. The standard InChI is InChI=1S/C12H19NO3/c14-11(10-8-2-1-3-9(8)10)13-6-12(15)4-5-16-7-12/h8-10,15H,1-7H2,(H,13,14). The monoisotopic (exact) mass is 225 g/mol. The van der Waals surface area contributed by atoms with Crippen molar-refractivity contribution in [3.63, 3.8) is 0 Å². The summed E-state index contributed by atoms with van der Waals surface area (Å²) in [5.41, 5.74) is -0.820. The van der Waals surface area contributed by atoms with Crippen LogP contribution in [0.4, 0.5) is 0 Å². The Morgan fingerprint density at radius 3 is 2.81 bits per heavy atom. The SMILES string of the molecule is O=C(NCC1(O)CCOC1)C1C2CCCC21. The second kappa shape index (κ2) is 3.70. The van der Waals surface area contributed by atoms with Crippen LogP contribution in [0.15, 0.2) is 0 Å². The third-order valence-corrected chi connectivity index (χ3v) is 4.38. The first kappa shape index (κ1) is 10.5. The van der Waals surface area contributed by atoms with Gasteiger partial charge in [-0.15, -0.1) is 0 Å². The summed E-state index contributed by atoms with van der Waals surface area (Å²) in [7, 11) is 0. The predicted octanol–water partition coefficient (Wildman–Crippen LogP) is 0.300. The Kier molecular flexibility index (Phi) is 2.44. The number of hydrogen-bond acceptors (Lipinski definition) is 3. The smallest absolute Gasteiger partial charge is 0.223 e. The summed E-state index contributed by atoms with van der Waals surface area (Å²) >= 11 is 0. The van der Waals surface area contributed by atoms with E-state index in [0.29, 0.717) is 38.0 Å². The van der Waals surface area contributed by atoms with Crippen LogP contribution in [0.25, 0.3) is 0 Å². The van der Waals surface area contributed by atoms with Gasteiger partial charge in [0.25, 0.3) is 0 Å². The molecular weight excluding hydrogens is 206 g/mol. The first-order valence-electron chi connectivity index (χ1n) is 6.27. The third kappa shape index (κ3) is 1.74. The Morgan fingerprint density at radius 1 is 1.44 bits per heavy atom. The van der Waals surface area contributed by atoms with Crippen LogP contribution in [0.2, 0.25) is 0 Å². The lowest BCUT2D eigenvalue weighted by Gasteiger charge is -2.20. The molecule has 3 fully saturated rings. The van der Waals surface area contributed by atoms with E-state index in [1.165, 1.54) is 19.3 Å². The Bertz CT molecular complexity index is 289. The average Bonchev–Trinajstić information content (AvgIpc) is 2.70. The van der Waals surface area contributed by atoms with Gasteiger partial charge in [0, 0.05) is 25.5 Å². The van der Waals surface area contributed by atoms with Crippen molar-refractivity contribution in [3.05, 3.63) is 0 Å². The van der Waals surface area contributed by atoms with E-state index in [1.807, 2.05) is 0 Å². The fourth-order valence-electron chi connectivity index (χ4n) is 3.32. The molecule has 90 valence electrons. The van der Waals surface area contributed by atoms with Crippen molar-refractivity contribution in [1.29, 1.82) is 0 Å². The lowest BCUT2D eigenvalue weighted by Crippen LogP contribution is -2.44. The maximum absolute atomic E-state index is 11.9. The minimum Gasteiger partial charge on any atom is -0.386 e. The van der Waals surface area contributed by atoms with Gasteiger partial charge >= 0.3 is 0 Å². The Morgan fingerprint density at radius 2 is 2.19 bits per heavy atom. The van der Waals surface area contributed by atoms with Crippen molar-refractivity contribution < 1.29 is 14.6 Å². The summed E-state index contributed by atoms with van der Waals surface area (Å²) in [5.74, 6) is 1.69. The van der Waals surface area contributed by atoms with Gasteiger partial charge in [-0.25, -0.2) is 0 Å². The zero-order chi connectivity index (χ0) is 11.2. The van der Waals surface area contributed by atoms with Crippen molar-refractivity contribution in [3.8, 4) is 0 Å². The van der Waals surface area contributed by atoms with E-state index >= 15 is 0 Å². The highest BCUT2D eigenvalue weighted by atomic mass is 16.5. The molecule has 4 heteroatoms. The Hall–Kier alpha value is -0.610. The maximum atomic E-state index is 11.9. The summed E-state index contributed by atoms with van der Waals surface area (Å²) < 4.78 is 5.14. The number of rotatable bonds is 3. The lowest BCUT2D eigenvalue weighted by molar-refractivity contribution is -0.124. The summed E-state index contributed by atoms with van der Waals surface area (Å²) in [6, 6.07) is 0. The highest BCUT2D eigenvalue weighted by molar-refractivity contribution is 5.82. The zero-order valence-corrected chi connectivity index (χ0v) is 9.45. The maximum Gasteiger partial charge on any atom is 0.223 e. The van der Waals surface area contributed by atoms with E-state index in [9.17, 15) is 9.90 Å². The molecule has 2 N–H and O–H groups in total. The topological polar surface area (TPSA) is 58.6 Å². The molecule has 0 spiro atoms. The molecule has 0 radical (unpaired) electrons. The highest BCUT2D eigenvalue weighted by Crippen LogP contribution is 2.57. The van der Waals surface area contributed by atoms with Crippen LogP contribution in [0.1, 0.15) is 25.7 Å². The molecule has 3 rings (SSSR count). The van der Waals surface area contributed by atoms with Gasteiger partial charge in [0.05, 0.1) is 6.61 Å². The minimum atomic E-state index is -0.820. The van der Waals surface area contributed by atoms with Gasteiger partial charge < -0.3 is 15.2 Å². The normalized spacial score (nSPS) is 45.4. The van der Waals surface area contributed by atoms with Crippen molar-refractivity contribution in [1.82, 2.24) is 5.32 Å². The van der Waals surface area contributed by atoms with Crippen molar-refractivity contribution in [2.45, 2.75) is 31.3 Å². The van der Waals surface area contributed by atoms with Gasteiger partial charge in [0.1, 0.15) is 5.60 Å². The molecule has 1 heterocycles. The molecule has 2 aliphatic carbocycles. The molecule has 3 aliphatic rings. The number of carbonyl (C=O) groups excluding carboxylic acids is 1. The second-order valence-corrected chi connectivity index (χ2v) is 5.53. The van der Waals surface area contributed by atoms with Crippen molar-refractivity contribution in [2.24, 2.45) is 17.8 Å². The number of amides is 1. The first-order chi connectivity index (χ1) is 7.70. The Balaban J connectivity index is 1.47. The molecule has 0 aromatic heterocycles. The fraction of sp³-hybridized carbons (Fsp3) is 0.917. The highest BCUT2D eigenvalue weighted by Gasteiger charge is 2.56. The van der Waals surface area contributed by atoms with Gasteiger partial charge in [-0.1, -0.05) is 6.42 Å². The van der Waals surface area contributed by atoms with Crippen LogP contribution in [-0.2, 0) is 9.53 Å². The molecule has 0 bridgehead atoms. The first-order valence-corrected chi connectivity index (χ1v) is 6.27. The van der Waals surface area contributed by atoms with Crippen LogP contribution >= 0.6 is 0 Å². The molecule has 3 unspecified atom stereocenters. The van der Waals surface area contributed by atoms with Crippen LogP contribution in [0.5, 0.6) is 0 Å². The van der Waals surface area contributed by atoms with Crippen molar-refractivity contribution >= 4 is 5.91 Å². The fourth-order valence-corrected chi connectivity index (χ4v) is 3.32. The van der Waals surface area contributed by atoms with Crippen LogP contribution in [-0.4, -0.2) is 36.4 Å². The zero-order valence-electron chi connectivity index (χ0n) is 9.45.